The highest BCUT2D eigenvalue weighted by Crippen LogP contribution is 2.30. The Hall–Kier alpha value is -0.920. The molecular weight excluding hydrogens is 206 g/mol. The fourth-order valence-corrected chi connectivity index (χ4v) is 2.67. The first-order valence-corrected chi connectivity index (χ1v) is 6.12. The highest BCUT2D eigenvalue weighted by molar-refractivity contribution is 7.09. The standard InChI is InChI=1S/C11H15N3S/c1-11(2,7-12)10-14-9(6-15-10)8-4-3-5-13-8/h6,8,13H,3-5H2,1-2H3/t8-/m1/s1. The average Bonchev–Trinajstić information content (AvgIpc) is 2.88. The van der Waals surface area contributed by atoms with Crippen molar-refractivity contribution in [2.45, 2.75) is 38.1 Å². The van der Waals surface area contributed by atoms with Crippen molar-refractivity contribution in [3.8, 4) is 6.07 Å². The van der Waals surface area contributed by atoms with Crippen LogP contribution >= 0.6 is 11.3 Å². The first kappa shape index (κ1) is 10.6. The van der Waals surface area contributed by atoms with Crippen molar-refractivity contribution in [3.63, 3.8) is 0 Å². The average molecular weight is 221 g/mol. The SMILES string of the molecule is CC(C)(C#N)c1nc([C@H]2CCCN2)cs1. The van der Waals surface area contributed by atoms with Crippen LogP contribution in [0.2, 0.25) is 0 Å². The minimum absolute atomic E-state index is 0.407. The summed E-state index contributed by atoms with van der Waals surface area (Å²) >= 11 is 1.59. The van der Waals surface area contributed by atoms with Crippen LogP contribution in [0.15, 0.2) is 5.38 Å². The van der Waals surface area contributed by atoms with Gasteiger partial charge < -0.3 is 5.32 Å². The molecule has 0 spiro atoms. The quantitative estimate of drug-likeness (QED) is 0.834. The minimum Gasteiger partial charge on any atom is -0.309 e. The van der Waals surface area contributed by atoms with Gasteiger partial charge in [-0.25, -0.2) is 4.98 Å². The van der Waals surface area contributed by atoms with Crippen LogP contribution < -0.4 is 5.32 Å². The largest absolute Gasteiger partial charge is 0.309 e. The summed E-state index contributed by atoms with van der Waals surface area (Å²) in [6, 6.07) is 2.70. The van der Waals surface area contributed by atoms with Crippen LogP contribution in [0.5, 0.6) is 0 Å². The summed E-state index contributed by atoms with van der Waals surface area (Å²) in [5.41, 5.74) is 0.650. The molecule has 80 valence electrons. The van der Waals surface area contributed by atoms with Crippen LogP contribution in [0, 0.1) is 11.3 Å². The number of hydrogen-bond acceptors (Lipinski definition) is 4. The van der Waals surface area contributed by atoms with Crippen molar-refractivity contribution >= 4 is 11.3 Å². The number of thiazole rings is 1. The van der Waals surface area contributed by atoms with Crippen molar-refractivity contribution in [2.75, 3.05) is 6.54 Å². The number of nitriles is 1. The predicted molar refractivity (Wildman–Crippen MR) is 60.7 cm³/mol. The van der Waals surface area contributed by atoms with E-state index >= 15 is 0 Å². The van der Waals surface area contributed by atoms with E-state index in [2.05, 4.69) is 21.8 Å². The molecular formula is C11H15N3S. The number of nitrogens with one attached hydrogen (secondary N) is 1. The van der Waals surface area contributed by atoms with Gasteiger partial charge in [-0.3, -0.25) is 0 Å². The maximum absolute atomic E-state index is 9.02. The third-order valence-corrected chi connectivity index (χ3v) is 3.94. The van der Waals surface area contributed by atoms with E-state index in [4.69, 9.17) is 5.26 Å². The topological polar surface area (TPSA) is 48.7 Å². The molecule has 3 nitrogen and oxygen atoms in total. The monoisotopic (exact) mass is 221 g/mol. The molecule has 0 saturated carbocycles. The minimum atomic E-state index is -0.457. The van der Waals surface area contributed by atoms with Crippen LogP contribution in [0.3, 0.4) is 0 Å². The Morgan fingerprint density at radius 1 is 1.67 bits per heavy atom. The van der Waals surface area contributed by atoms with Crippen LogP contribution in [0.4, 0.5) is 0 Å². The lowest BCUT2D eigenvalue weighted by Gasteiger charge is -2.11. The van der Waals surface area contributed by atoms with Gasteiger partial charge in [0.05, 0.1) is 17.8 Å². The summed E-state index contributed by atoms with van der Waals surface area (Å²) in [7, 11) is 0. The van der Waals surface area contributed by atoms with Gasteiger partial charge in [-0.05, 0) is 33.2 Å². The Kier molecular flexibility index (Phi) is 2.76. The van der Waals surface area contributed by atoms with E-state index in [1.165, 1.54) is 6.42 Å². The Bertz CT molecular complexity index is 383. The number of nitrogens with zero attached hydrogens (tertiary/aromatic N) is 2. The van der Waals surface area contributed by atoms with Crippen molar-refractivity contribution in [3.05, 3.63) is 16.1 Å². The molecule has 1 aromatic rings. The molecule has 2 heterocycles. The normalized spacial score (nSPS) is 21.5. The van der Waals surface area contributed by atoms with Crippen molar-refractivity contribution in [1.82, 2.24) is 10.3 Å². The maximum Gasteiger partial charge on any atom is 0.113 e. The summed E-state index contributed by atoms with van der Waals surface area (Å²) in [5, 5.41) is 15.4. The third-order valence-electron chi connectivity index (χ3n) is 2.75. The van der Waals surface area contributed by atoms with Crippen molar-refractivity contribution in [1.29, 1.82) is 5.26 Å². The predicted octanol–water partition coefficient (Wildman–Crippen LogP) is 2.37. The zero-order valence-electron chi connectivity index (χ0n) is 9.08. The van der Waals surface area contributed by atoms with Gasteiger partial charge in [0.1, 0.15) is 10.4 Å². The van der Waals surface area contributed by atoms with Gasteiger partial charge in [0.15, 0.2) is 0 Å². The number of aromatic nitrogens is 1. The molecule has 0 amide bonds. The van der Waals surface area contributed by atoms with E-state index in [1.807, 2.05) is 13.8 Å². The molecule has 1 aromatic heterocycles. The molecule has 1 aliphatic rings. The Morgan fingerprint density at radius 2 is 2.47 bits per heavy atom. The summed E-state index contributed by atoms with van der Waals surface area (Å²) < 4.78 is 0. The number of hydrogen-bond donors (Lipinski definition) is 1. The van der Waals surface area contributed by atoms with E-state index in [0.717, 1.165) is 23.7 Å². The Labute approximate surface area is 94.1 Å². The molecule has 1 atom stereocenters. The van der Waals surface area contributed by atoms with E-state index < -0.39 is 5.41 Å². The van der Waals surface area contributed by atoms with Gasteiger partial charge in [-0.15, -0.1) is 11.3 Å². The van der Waals surface area contributed by atoms with Gasteiger partial charge >= 0.3 is 0 Å². The Balaban J connectivity index is 2.21. The number of rotatable bonds is 2. The zero-order chi connectivity index (χ0) is 10.9. The van der Waals surface area contributed by atoms with Gasteiger partial charge in [-0.2, -0.15) is 5.26 Å². The molecule has 1 aliphatic heterocycles. The second-order valence-electron chi connectivity index (χ2n) is 4.46. The molecule has 4 heteroatoms. The molecule has 0 radical (unpaired) electrons. The van der Waals surface area contributed by atoms with Gasteiger partial charge in [0, 0.05) is 5.38 Å². The van der Waals surface area contributed by atoms with Gasteiger partial charge in [0.2, 0.25) is 0 Å². The molecule has 0 aromatic carbocycles. The summed E-state index contributed by atoms with van der Waals surface area (Å²) in [6.45, 7) is 4.91. The molecule has 0 aliphatic carbocycles. The highest BCUT2D eigenvalue weighted by atomic mass is 32.1. The summed E-state index contributed by atoms with van der Waals surface area (Å²) in [6.07, 6.45) is 2.38. The molecule has 1 fully saturated rings. The lowest BCUT2D eigenvalue weighted by atomic mass is 9.97. The molecule has 0 bridgehead atoms. The lowest BCUT2D eigenvalue weighted by molar-refractivity contribution is 0.615. The van der Waals surface area contributed by atoms with Crippen LogP contribution in [-0.2, 0) is 5.41 Å². The third kappa shape index (κ3) is 2.04. The second kappa shape index (κ2) is 3.92. The maximum atomic E-state index is 9.02. The second-order valence-corrected chi connectivity index (χ2v) is 5.32. The highest BCUT2D eigenvalue weighted by Gasteiger charge is 2.26. The lowest BCUT2D eigenvalue weighted by Crippen LogP contribution is -2.16. The first-order valence-electron chi connectivity index (χ1n) is 5.24. The molecule has 1 N–H and O–H groups in total. The van der Waals surface area contributed by atoms with Crippen LogP contribution in [-0.4, -0.2) is 11.5 Å². The Morgan fingerprint density at radius 3 is 3.07 bits per heavy atom. The zero-order valence-corrected chi connectivity index (χ0v) is 9.90. The fraction of sp³-hybridized carbons (Fsp3) is 0.636. The molecule has 2 rings (SSSR count). The van der Waals surface area contributed by atoms with Crippen LogP contribution in [0.25, 0.3) is 0 Å². The molecule has 1 saturated heterocycles. The summed E-state index contributed by atoms with van der Waals surface area (Å²) in [5.74, 6) is 0. The van der Waals surface area contributed by atoms with E-state index in [1.54, 1.807) is 11.3 Å². The smallest absolute Gasteiger partial charge is 0.113 e. The van der Waals surface area contributed by atoms with Crippen molar-refractivity contribution in [2.24, 2.45) is 0 Å². The molecule has 15 heavy (non-hydrogen) atoms. The van der Waals surface area contributed by atoms with Gasteiger partial charge in [0.25, 0.3) is 0 Å². The first-order chi connectivity index (χ1) is 7.13. The fourth-order valence-electron chi connectivity index (χ4n) is 1.72. The molecule has 0 unspecified atom stereocenters. The van der Waals surface area contributed by atoms with Crippen molar-refractivity contribution < 1.29 is 0 Å². The summed E-state index contributed by atoms with van der Waals surface area (Å²) in [4.78, 5) is 4.57. The van der Waals surface area contributed by atoms with Gasteiger partial charge in [-0.1, -0.05) is 0 Å². The van der Waals surface area contributed by atoms with Crippen LogP contribution in [0.1, 0.15) is 43.4 Å². The van der Waals surface area contributed by atoms with E-state index in [0.29, 0.717) is 6.04 Å². The van der Waals surface area contributed by atoms with E-state index in [9.17, 15) is 0 Å². The van der Waals surface area contributed by atoms with E-state index in [-0.39, 0.29) is 0 Å².